The molecule has 2 aromatic carbocycles. The third-order valence-corrected chi connectivity index (χ3v) is 4.62. The van der Waals surface area contributed by atoms with Gasteiger partial charge in [-0.1, -0.05) is 30.3 Å². The quantitative estimate of drug-likeness (QED) is 0.615. The first-order valence-electron chi connectivity index (χ1n) is 9.89. The standard InChI is InChI=1S/C22H29N3O3/c26-22(24-11-4-14-25-15-12-23-13-16-25)18-28-21-9-7-20(8-10-21)27-17-19-5-2-1-3-6-19/h1-3,5-10,23H,4,11-18H2,(H,24,26). The molecule has 1 amide bonds. The number of amides is 1. The van der Waals surface area contributed by atoms with E-state index < -0.39 is 0 Å². The van der Waals surface area contributed by atoms with Gasteiger partial charge in [0.15, 0.2) is 6.61 Å². The summed E-state index contributed by atoms with van der Waals surface area (Å²) in [6.07, 6.45) is 0.958. The maximum absolute atomic E-state index is 11.9. The molecule has 0 radical (unpaired) electrons. The third-order valence-electron chi connectivity index (χ3n) is 4.62. The first-order valence-corrected chi connectivity index (χ1v) is 9.89. The van der Waals surface area contributed by atoms with Gasteiger partial charge >= 0.3 is 0 Å². The molecule has 28 heavy (non-hydrogen) atoms. The first-order chi connectivity index (χ1) is 13.8. The van der Waals surface area contributed by atoms with Gasteiger partial charge in [0.05, 0.1) is 0 Å². The minimum absolute atomic E-state index is 0.0256. The van der Waals surface area contributed by atoms with E-state index in [1.165, 1.54) is 0 Å². The lowest BCUT2D eigenvalue weighted by Crippen LogP contribution is -2.44. The molecule has 1 heterocycles. The van der Waals surface area contributed by atoms with Crippen LogP contribution in [-0.2, 0) is 11.4 Å². The molecule has 1 aliphatic rings. The molecule has 3 rings (SSSR count). The van der Waals surface area contributed by atoms with Crippen molar-refractivity contribution >= 4 is 5.91 Å². The molecule has 0 aromatic heterocycles. The minimum Gasteiger partial charge on any atom is -0.489 e. The molecule has 2 aromatic rings. The van der Waals surface area contributed by atoms with Crippen molar-refractivity contribution in [2.45, 2.75) is 13.0 Å². The Labute approximate surface area is 166 Å². The molecule has 0 atom stereocenters. The van der Waals surface area contributed by atoms with Crippen LogP contribution in [0.5, 0.6) is 11.5 Å². The molecule has 6 heteroatoms. The van der Waals surface area contributed by atoms with Crippen LogP contribution in [0.2, 0.25) is 0 Å². The van der Waals surface area contributed by atoms with Gasteiger partial charge in [0.1, 0.15) is 18.1 Å². The van der Waals surface area contributed by atoms with Crippen molar-refractivity contribution in [2.24, 2.45) is 0 Å². The summed E-state index contributed by atoms with van der Waals surface area (Å²) in [4.78, 5) is 14.3. The van der Waals surface area contributed by atoms with Crippen molar-refractivity contribution in [3.8, 4) is 11.5 Å². The fourth-order valence-electron chi connectivity index (χ4n) is 3.04. The number of carbonyl (C=O) groups is 1. The Morgan fingerprint density at radius 2 is 1.64 bits per heavy atom. The van der Waals surface area contributed by atoms with Crippen LogP contribution in [0.25, 0.3) is 0 Å². The number of nitrogens with one attached hydrogen (secondary N) is 2. The second-order valence-corrected chi connectivity index (χ2v) is 6.83. The van der Waals surface area contributed by atoms with Crippen LogP contribution in [0.1, 0.15) is 12.0 Å². The van der Waals surface area contributed by atoms with Crippen molar-refractivity contribution in [3.05, 3.63) is 60.2 Å². The van der Waals surface area contributed by atoms with Gasteiger partial charge in [-0.15, -0.1) is 0 Å². The Bertz CT molecular complexity index is 701. The molecule has 2 N–H and O–H groups in total. The van der Waals surface area contributed by atoms with Crippen LogP contribution < -0.4 is 20.1 Å². The average molecular weight is 383 g/mol. The Hall–Kier alpha value is -2.57. The highest BCUT2D eigenvalue weighted by Crippen LogP contribution is 2.18. The van der Waals surface area contributed by atoms with E-state index in [0.29, 0.717) is 18.9 Å². The lowest BCUT2D eigenvalue weighted by molar-refractivity contribution is -0.123. The van der Waals surface area contributed by atoms with E-state index in [1.807, 2.05) is 54.6 Å². The molecule has 1 saturated heterocycles. The lowest BCUT2D eigenvalue weighted by Gasteiger charge is -2.27. The van der Waals surface area contributed by atoms with E-state index in [2.05, 4.69) is 15.5 Å². The van der Waals surface area contributed by atoms with E-state index in [9.17, 15) is 4.79 Å². The van der Waals surface area contributed by atoms with E-state index in [1.54, 1.807) is 0 Å². The summed E-state index contributed by atoms with van der Waals surface area (Å²) in [5.41, 5.74) is 1.12. The van der Waals surface area contributed by atoms with E-state index in [-0.39, 0.29) is 12.5 Å². The molecule has 0 spiro atoms. The van der Waals surface area contributed by atoms with Crippen molar-refractivity contribution in [1.29, 1.82) is 0 Å². The van der Waals surface area contributed by atoms with Crippen LogP contribution in [-0.4, -0.2) is 56.7 Å². The Balaban J connectivity index is 1.29. The summed E-state index contributed by atoms with van der Waals surface area (Å²) in [7, 11) is 0. The third kappa shape index (κ3) is 7.21. The number of nitrogens with zero attached hydrogens (tertiary/aromatic N) is 1. The summed E-state index contributed by atoms with van der Waals surface area (Å²) < 4.78 is 11.3. The monoisotopic (exact) mass is 383 g/mol. The predicted octanol–water partition coefficient (Wildman–Crippen LogP) is 2.06. The number of carbonyl (C=O) groups excluding carboxylic acids is 1. The molecule has 0 aliphatic carbocycles. The topological polar surface area (TPSA) is 62.8 Å². The SMILES string of the molecule is O=C(COc1ccc(OCc2ccccc2)cc1)NCCCN1CCNCC1. The average Bonchev–Trinajstić information content (AvgIpc) is 2.76. The highest BCUT2D eigenvalue weighted by molar-refractivity contribution is 5.77. The normalized spacial score (nSPS) is 14.4. The number of hydrogen-bond donors (Lipinski definition) is 2. The predicted molar refractivity (Wildman–Crippen MR) is 110 cm³/mol. The molecule has 6 nitrogen and oxygen atoms in total. The number of piperazine rings is 1. The lowest BCUT2D eigenvalue weighted by atomic mass is 10.2. The van der Waals surface area contributed by atoms with E-state index >= 15 is 0 Å². The number of benzene rings is 2. The van der Waals surface area contributed by atoms with Gasteiger partial charge in [-0.2, -0.15) is 0 Å². The fraction of sp³-hybridized carbons (Fsp3) is 0.409. The maximum atomic E-state index is 11.9. The van der Waals surface area contributed by atoms with Crippen LogP contribution in [0.3, 0.4) is 0 Å². The molecule has 1 aliphatic heterocycles. The molecule has 0 bridgehead atoms. The van der Waals surface area contributed by atoms with Crippen molar-refractivity contribution in [3.63, 3.8) is 0 Å². The van der Waals surface area contributed by atoms with Crippen molar-refractivity contribution in [2.75, 3.05) is 45.9 Å². The van der Waals surface area contributed by atoms with Gasteiger partial charge in [0, 0.05) is 32.7 Å². The Morgan fingerprint density at radius 1 is 0.964 bits per heavy atom. The van der Waals surface area contributed by atoms with Crippen LogP contribution in [0.15, 0.2) is 54.6 Å². The summed E-state index contributed by atoms with van der Waals surface area (Å²) >= 11 is 0. The van der Waals surface area contributed by atoms with Gasteiger partial charge in [0.25, 0.3) is 5.91 Å². The highest BCUT2D eigenvalue weighted by atomic mass is 16.5. The van der Waals surface area contributed by atoms with Crippen molar-refractivity contribution in [1.82, 2.24) is 15.5 Å². The van der Waals surface area contributed by atoms with Gasteiger partial charge in [-0.3, -0.25) is 4.79 Å². The van der Waals surface area contributed by atoms with Gasteiger partial charge in [-0.25, -0.2) is 0 Å². The Kier molecular flexibility index (Phi) is 8.15. The summed E-state index contributed by atoms with van der Waals surface area (Å²) in [6.45, 7) is 6.53. The summed E-state index contributed by atoms with van der Waals surface area (Å²) in [5.74, 6) is 1.33. The molecule has 150 valence electrons. The minimum atomic E-state index is -0.0929. The second kappa shape index (κ2) is 11.3. The van der Waals surface area contributed by atoms with Crippen LogP contribution in [0, 0.1) is 0 Å². The van der Waals surface area contributed by atoms with Crippen LogP contribution in [0.4, 0.5) is 0 Å². The molecule has 0 saturated carbocycles. The zero-order valence-electron chi connectivity index (χ0n) is 16.2. The van der Waals surface area contributed by atoms with Gasteiger partial charge < -0.3 is 25.0 Å². The molecular formula is C22H29N3O3. The smallest absolute Gasteiger partial charge is 0.257 e. The van der Waals surface area contributed by atoms with Gasteiger partial charge in [-0.05, 0) is 42.8 Å². The number of rotatable bonds is 10. The summed E-state index contributed by atoms with van der Waals surface area (Å²) in [5, 5.41) is 6.25. The molecule has 1 fully saturated rings. The largest absolute Gasteiger partial charge is 0.489 e. The number of hydrogen-bond acceptors (Lipinski definition) is 5. The molecular weight excluding hydrogens is 354 g/mol. The Morgan fingerprint density at radius 3 is 2.36 bits per heavy atom. The zero-order valence-corrected chi connectivity index (χ0v) is 16.2. The van der Waals surface area contributed by atoms with E-state index in [0.717, 1.165) is 50.5 Å². The number of ether oxygens (including phenoxy) is 2. The second-order valence-electron chi connectivity index (χ2n) is 6.83. The fourth-order valence-corrected chi connectivity index (χ4v) is 3.04. The molecule has 0 unspecified atom stereocenters. The van der Waals surface area contributed by atoms with Crippen LogP contribution >= 0.6 is 0 Å². The van der Waals surface area contributed by atoms with E-state index in [4.69, 9.17) is 9.47 Å². The van der Waals surface area contributed by atoms with Gasteiger partial charge in [0.2, 0.25) is 0 Å². The summed E-state index contributed by atoms with van der Waals surface area (Å²) in [6, 6.07) is 17.4. The van der Waals surface area contributed by atoms with Crippen molar-refractivity contribution < 1.29 is 14.3 Å². The maximum Gasteiger partial charge on any atom is 0.257 e. The first kappa shape index (κ1) is 20.2. The zero-order chi connectivity index (χ0) is 19.4. The highest BCUT2D eigenvalue weighted by Gasteiger charge is 2.09.